The average Bonchev–Trinajstić information content (AvgIpc) is 2.35. The Bertz CT molecular complexity index is 350. The van der Waals surface area contributed by atoms with E-state index in [0.29, 0.717) is 6.42 Å². The van der Waals surface area contributed by atoms with Gasteiger partial charge >= 0.3 is 0 Å². The van der Waals surface area contributed by atoms with Crippen molar-refractivity contribution in [3.63, 3.8) is 0 Å². The van der Waals surface area contributed by atoms with Crippen LogP contribution in [0.25, 0.3) is 0 Å². The van der Waals surface area contributed by atoms with E-state index >= 15 is 0 Å². The third-order valence-electron chi connectivity index (χ3n) is 3.20. The lowest BCUT2D eigenvalue weighted by atomic mass is 9.82. The molecule has 1 aromatic rings. The largest absolute Gasteiger partial charge is 0.550 e. The molecule has 0 fully saturated rings. The van der Waals surface area contributed by atoms with Gasteiger partial charge in [-0.2, -0.15) is 0 Å². The number of benzene rings is 1. The smallest absolute Gasteiger partial charge is 0.120 e. The molecule has 0 saturated carbocycles. The topological polar surface area (TPSA) is 67.8 Å². The zero-order valence-electron chi connectivity index (χ0n) is 10.4. The molecule has 94 valence electrons. The van der Waals surface area contributed by atoms with E-state index in [1.54, 1.807) is 0 Å². The maximum Gasteiger partial charge on any atom is 0.120 e. The number of hydrogen-bond donors (Lipinski definition) is 1. The van der Waals surface area contributed by atoms with Crippen molar-refractivity contribution in [1.82, 2.24) is 0 Å². The summed E-state index contributed by atoms with van der Waals surface area (Å²) in [6.07, 6.45) is 3.68. The Kier molecular flexibility index (Phi) is 5.16. The van der Waals surface area contributed by atoms with Gasteiger partial charge in [0.15, 0.2) is 0 Å². The summed E-state index contributed by atoms with van der Waals surface area (Å²) < 4.78 is 0. The molecule has 0 spiro atoms. The second-order valence-corrected chi connectivity index (χ2v) is 4.62. The van der Waals surface area contributed by atoms with Crippen LogP contribution >= 0.6 is 0 Å². The Labute approximate surface area is 103 Å². The predicted octanol–water partition coefficient (Wildman–Crippen LogP) is 0.844. The molecule has 0 aliphatic rings. The minimum atomic E-state index is -0.995. The number of carboxylic acids is 1. The maximum absolute atomic E-state index is 10.6. The molecule has 3 N–H and O–H groups in total. The molecule has 0 saturated heterocycles. The molecule has 0 bridgehead atoms. The Balaban J connectivity index is 2.81. The zero-order chi connectivity index (χ0) is 12.7. The third-order valence-corrected chi connectivity index (χ3v) is 3.20. The van der Waals surface area contributed by atoms with Gasteiger partial charge in [0.1, 0.15) is 5.54 Å². The number of quaternary nitrogens is 1. The minimum Gasteiger partial charge on any atom is -0.550 e. The third kappa shape index (κ3) is 4.19. The van der Waals surface area contributed by atoms with E-state index in [0.717, 1.165) is 24.8 Å². The minimum absolute atomic E-state index is 0.0715. The van der Waals surface area contributed by atoms with Crippen LogP contribution in [-0.2, 0) is 10.3 Å². The highest BCUT2D eigenvalue weighted by Crippen LogP contribution is 2.27. The van der Waals surface area contributed by atoms with E-state index in [1.165, 1.54) is 0 Å². The van der Waals surface area contributed by atoms with Crippen LogP contribution in [0.3, 0.4) is 0 Å². The van der Waals surface area contributed by atoms with Crippen LogP contribution in [0.2, 0.25) is 0 Å². The average molecular weight is 235 g/mol. The Morgan fingerprint density at radius 3 is 2.47 bits per heavy atom. The first kappa shape index (κ1) is 13.7. The van der Waals surface area contributed by atoms with Crippen LogP contribution in [0.1, 0.15) is 44.6 Å². The monoisotopic (exact) mass is 235 g/mol. The van der Waals surface area contributed by atoms with Crippen LogP contribution < -0.4 is 10.8 Å². The van der Waals surface area contributed by atoms with E-state index in [1.807, 2.05) is 30.3 Å². The zero-order valence-corrected chi connectivity index (χ0v) is 10.4. The number of unbranched alkanes of at least 4 members (excludes halogenated alkanes) is 1. The fourth-order valence-electron chi connectivity index (χ4n) is 2.06. The Morgan fingerprint density at radius 2 is 1.94 bits per heavy atom. The van der Waals surface area contributed by atoms with Gasteiger partial charge < -0.3 is 15.6 Å². The quantitative estimate of drug-likeness (QED) is 0.761. The van der Waals surface area contributed by atoms with E-state index in [4.69, 9.17) is 0 Å². The molecule has 0 aromatic heterocycles. The summed E-state index contributed by atoms with van der Waals surface area (Å²) in [6, 6.07) is 9.96. The molecular weight excluding hydrogens is 214 g/mol. The number of hydrogen-bond acceptors (Lipinski definition) is 2. The summed E-state index contributed by atoms with van der Waals surface area (Å²) in [6.45, 7) is 2.13. The lowest BCUT2D eigenvalue weighted by Crippen LogP contribution is -2.70. The molecule has 0 heterocycles. The van der Waals surface area contributed by atoms with Gasteiger partial charge in [0.25, 0.3) is 0 Å². The predicted molar refractivity (Wildman–Crippen MR) is 64.8 cm³/mol. The second kappa shape index (κ2) is 6.40. The fraction of sp³-hybridized carbons (Fsp3) is 0.500. The van der Waals surface area contributed by atoms with Gasteiger partial charge in [-0.25, -0.2) is 0 Å². The molecule has 0 amide bonds. The van der Waals surface area contributed by atoms with Gasteiger partial charge in [0.2, 0.25) is 0 Å². The van der Waals surface area contributed by atoms with Crippen molar-refractivity contribution in [1.29, 1.82) is 0 Å². The highest BCUT2D eigenvalue weighted by atomic mass is 16.4. The highest BCUT2D eigenvalue weighted by molar-refractivity contribution is 5.64. The van der Waals surface area contributed by atoms with Crippen molar-refractivity contribution < 1.29 is 15.6 Å². The van der Waals surface area contributed by atoms with Crippen molar-refractivity contribution in [2.24, 2.45) is 0 Å². The van der Waals surface area contributed by atoms with Gasteiger partial charge in [0, 0.05) is 24.4 Å². The molecule has 3 heteroatoms. The van der Waals surface area contributed by atoms with Gasteiger partial charge in [0.05, 0.1) is 0 Å². The molecule has 17 heavy (non-hydrogen) atoms. The molecule has 0 aliphatic heterocycles. The van der Waals surface area contributed by atoms with E-state index in [2.05, 4.69) is 12.7 Å². The first-order chi connectivity index (χ1) is 8.08. The van der Waals surface area contributed by atoms with Crippen molar-refractivity contribution in [3.05, 3.63) is 35.9 Å². The first-order valence-electron chi connectivity index (χ1n) is 6.19. The van der Waals surface area contributed by atoms with Crippen molar-refractivity contribution in [3.8, 4) is 0 Å². The molecule has 1 rings (SSSR count). The summed E-state index contributed by atoms with van der Waals surface area (Å²) >= 11 is 0. The van der Waals surface area contributed by atoms with Crippen molar-refractivity contribution in [2.75, 3.05) is 0 Å². The molecular formula is C14H21NO2. The summed E-state index contributed by atoms with van der Waals surface area (Å²) in [7, 11) is 0. The molecule has 1 atom stereocenters. The van der Waals surface area contributed by atoms with Crippen LogP contribution in [0, 0.1) is 0 Å². The summed E-state index contributed by atoms with van der Waals surface area (Å²) in [5, 5.41) is 10.6. The lowest BCUT2D eigenvalue weighted by Gasteiger charge is -2.26. The fourth-order valence-corrected chi connectivity index (χ4v) is 2.06. The van der Waals surface area contributed by atoms with E-state index < -0.39 is 5.97 Å². The molecule has 1 aromatic carbocycles. The number of carbonyl (C=O) groups excluding carboxylic acids is 1. The standard InChI is InChI=1S/C14H21NO2/c1-2-3-10-14(15,11-9-13(16)17)12-7-5-4-6-8-12/h4-8H,2-3,9-11,15H2,1H3,(H,16,17)/t14-/m1/s1. The summed E-state index contributed by atoms with van der Waals surface area (Å²) in [4.78, 5) is 10.6. The van der Waals surface area contributed by atoms with Crippen LogP contribution in [0.5, 0.6) is 0 Å². The van der Waals surface area contributed by atoms with Crippen LogP contribution in [-0.4, -0.2) is 5.97 Å². The highest BCUT2D eigenvalue weighted by Gasteiger charge is 2.30. The maximum atomic E-state index is 10.6. The Morgan fingerprint density at radius 1 is 1.29 bits per heavy atom. The first-order valence-corrected chi connectivity index (χ1v) is 6.19. The summed E-state index contributed by atoms with van der Waals surface area (Å²) in [5.74, 6) is -0.995. The van der Waals surface area contributed by atoms with E-state index in [-0.39, 0.29) is 12.0 Å². The molecule has 0 aliphatic carbocycles. The normalized spacial score (nSPS) is 14.2. The summed E-state index contributed by atoms with van der Waals surface area (Å²) in [5.41, 5.74) is 5.08. The van der Waals surface area contributed by atoms with Gasteiger partial charge in [-0.15, -0.1) is 0 Å². The number of aliphatic carboxylic acids is 1. The van der Waals surface area contributed by atoms with E-state index in [9.17, 15) is 9.90 Å². The number of carboxylic acid groups (broad SMARTS) is 1. The Hall–Kier alpha value is -1.35. The molecule has 0 radical (unpaired) electrons. The van der Waals surface area contributed by atoms with Crippen LogP contribution in [0.15, 0.2) is 30.3 Å². The van der Waals surface area contributed by atoms with Crippen molar-refractivity contribution in [2.45, 2.75) is 44.6 Å². The molecule has 3 nitrogen and oxygen atoms in total. The van der Waals surface area contributed by atoms with Crippen LogP contribution in [0.4, 0.5) is 0 Å². The SMILES string of the molecule is CCCC[C@@]([NH3+])(CCC(=O)[O-])c1ccccc1. The lowest BCUT2D eigenvalue weighted by molar-refractivity contribution is -0.492. The second-order valence-electron chi connectivity index (χ2n) is 4.62. The number of rotatable bonds is 7. The van der Waals surface area contributed by atoms with Gasteiger partial charge in [-0.1, -0.05) is 43.7 Å². The van der Waals surface area contributed by atoms with Gasteiger partial charge in [-0.05, 0) is 12.8 Å². The van der Waals surface area contributed by atoms with Gasteiger partial charge in [-0.3, -0.25) is 0 Å². The number of carbonyl (C=O) groups is 1. The molecule has 0 unspecified atom stereocenters. The van der Waals surface area contributed by atoms with Crippen molar-refractivity contribution >= 4 is 5.97 Å².